The summed E-state index contributed by atoms with van der Waals surface area (Å²) in [6, 6.07) is 4.55. The zero-order chi connectivity index (χ0) is 15.3. The third-order valence-corrected chi connectivity index (χ3v) is 3.40. The van der Waals surface area contributed by atoms with E-state index in [2.05, 4.69) is 10.6 Å². The fourth-order valence-corrected chi connectivity index (χ4v) is 2.26. The van der Waals surface area contributed by atoms with E-state index >= 15 is 0 Å². The molecule has 0 aromatic heterocycles. The number of urea groups is 1. The Bertz CT molecular complexity index is 515. The quantitative estimate of drug-likeness (QED) is 0.591. The van der Waals surface area contributed by atoms with Crippen molar-refractivity contribution in [1.82, 2.24) is 10.6 Å². The minimum absolute atomic E-state index is 0.101. The molecule has 4 N–H and O–H groups in total. The van der Waals surface area contributed by atoms with Crippen LogP contribution in [0.25, 0.3) is 0 Å². The van der Waals surface area contributed by atoms with Gasteiger partial charge in [-0.15, -0.1) is 11.8 Å². The van der Waals surface area contributed by atoms with E-state index in [0.29, 0.717) is 10.7 Å². The predicted molar refractivity (Wildman–Crippen MR) is 83.0 cm³/mol. The number of halogens is 1. The number of benzene rings is 1. The third kappa shape index (κ3) is 6.16. The summed E-state index contributed by atoms with van der Waals surface area (Å²) in [6.45, 7) is 5.50. The van der Waals surface area contributed by atoms with Gasteiger partial charge in [0.05, 0.1) is 5.75 Å². The van der Waals surface area contributed by atoms with E-state index in [-0.39, 0.29) is 11.7 Å². The normalized spacial score (nSPS) is 11.0. The summed E-state index contributed by atoms with van der Waals surface area (Å²) in [6.07, 6.45) is 0. The maximum absolute atomic E-state index is 11.6. The molecule has 7 heteroatoms. The average molecular weight is 316 g/mol. The Morgan fingerprint density at radius 3 is 2.55 bits per heavy atom. The smallest absolute Gasteiger partial charge is 0.321 e. The molecule has 1 rings (SSSR count). The van der Waals surface area contributed by atoms with Crippen LogP contribution in [0.1, 0.15) is 20.8 Å². The molecule has 0 atom stereocenters. The van der Waals surface area contributed by atoms with Crippen LogP contribution in [-0.4, -0.2) is 23.2 Å². The van der Waals surface area contributed by atoms with E-state index in [9.17, 15) is 9.59 Å². The van der Waals surface area contributed by atoms with Gasteiger partial charge < -0.3 is 11.1 Å². The number of nitrogen functional groups attached to an aromatic ring is 1. The second-order valence-corrected chi connectivity index (χ2v) is 6.68. The molecule has 0 unspecified atom stereocenters. The minimum atomic E-state index is -0.507. The molecule has 0 bridgehead atoms. The molecule has 1 aromatic rings. The lowest BCUT2D eigenvalue weighted by molar-refractivity contribution is -0.117. The lowest BCUT2D eigenvalue weighted by Crippen LogP contribution is -2.48. The number of imide groups is 1. The summed E-state index contributed by atoms with van der Waals surface area (Å²) >= 11 is 7.04. The van der Waals surface area contributed by atoms with Gasteiger partial charge in [0.1, 0.15) is 0 Å². The maximum atomic E-state index is 11.6. The topological polar surface area (TPSA) is 84.2 Å². The van der Waals surface area contributed by atoms with Gasteiger partial charge >= 0.3 is 6.03 Å². The number of hydrogen-bond donors (Lipinski definition) is 3. The van der Waals surface area contributed by atoms with Gasteiger partial charge in [0.25, 0.3) is 0 Å². The number of amides is 3. The Kier molecular flexibility index (Phi) is 5.71. The maximum Gasteiger partial charge on any atom is 0.321 e. The van der Waals surface area contributed by atoms with E-state index in [4.69, 9.17) is 17.3 Å². The van der Waals surface area contributed by atoms with Crippen molar-refractivity contribution >= 4 is 41.0 Å². The molecule has 5 nitrogen and oxygen atoms in total. The highest BCUT2D eigenvalue weighted by molar-refractivity contribution is 8.00. The fraction of sp³-hybridized carbons (Fsp3) is 0.385. The predicted octanol–water partition coefficient (Wildman–Crippen LogP) is 2.64. The second kappa shape index (κ2) is 6.85. The molecule has 0 aliphatic rings. The van der Waals surface area contributed by atoms with Crippen LogP contribution in [0.2, 0.25) is 5.02 Å². The third-order valence-electron chi connectivity index (χ3n) is 2.07. The van der Waals surface area contributed by atoms with Crippen LogP contribution in [0, 0.1) is 0 Å². The van der Waals surface area contributed by atoms with Crippen molar-refractivity contribution < 1.29 is 9.59 Å². The lowest BCUT2D eigenvalue weighted by Gasteiger charge is -2.20. The number of hydrogen-bond acceptors (Lipinski definition) is 4. The van der Waals surface area contributed by atoms with Crippen LogP contribution in [-0.2, 0) is 4.79 Å². The summed E-state index contributed by atoms with van der Waals surface area (Å²) in [5.41, 5.74) is 5.89. The number of carbonyl (C=O) groups is 2. The van der Waals surface area contributed by atoms with Gasteiger partial charge in [-0.1, -0.05) is 11.6 Å². The highest BCUT2D eigenvalue weighted by atomic mass is 35.5. The van der Waals surface area contributed by atoms with Gasteiger partial charge in [-0.25, -0.2) is 4.79 Å². The Morgan fingerprint density at radius 1 is 1.35 bits per heavy atom. The first-order valence-electron chi connectivity index (χ1n) is 5.97. The van der Waals surface area contributed by atoms with Gasteiger partial charge in [-0.05, 0) is 39.0 Å². The number of nitrogens with one attached hydrogen (secondary N) is 2. The van der Waals surface area contributed by atoms with Crippen LogP contribution >= 0.6 is 23.4 Å². The molecule has 0 saturated carbocycles. The van der Waals surface area contributed by atoms with Crippen molar-refractivity contribution in [3.8, 4) is 0 Å². The molecule has 1 aromatic carbocycles. The van der Waals surface area contributed by atoms with E-state index in [1.54, 1.807) is 18.2 Å². The Labute approximate surface area is 127 Å². The van der Waals surface area contributed by atoms with Crippen LogP contribution in [0.3, 0.4) is 0 Å². The zero-order valence-electron chi connectivity index (χ0n) is 11.6. The summed E-state index contributed by atoms with van der Waals surface area (Å²) in [5.74, 6) is -0.283. The highest BCUT2D eigenvalue weighted by Crippen LogP contribution is 2.27. The Hall–Kier alpha value is -1.40. The molecule has 0 aliphatic carbocycles. The summed E-state index contributed by atoms with van der Waals surface area (Å²) in [7, 11) is 0. The van der Waals surface area contributed by atoms with Crippen LogP contribution < -0.4 is 16.4 Å². The molecule has 0 spiro atoms. The molecule has 0 heterocycles. The van der Waals surface area contributed by atoms with Gasteiger partial charge in [0.15, 0.2) is 0 Å². The number of nitrogens with two attached hydrogens (primary N) is 1. The van der Waals surface area contributed by atoms with Gasteiger partial charge in [0, 0.05) is 21.1 Å². The van der Waals surface area contributed by atoms with E-state index in [1.165, 1.54) is 11.8 Å². The Balaban J connectivity index is 2.46. The van der Waals surface area contributed by atoms with Crippen LogP contribution in [0.5, 0.6) is 0 Å². The van der Waals surface area contributed by atoms with Crippen LogP contribution in [0.4, 0.5) is 10.5 Å². The van der Waals surface area contributed by atoms with Crippen molar-refractivity contribution in [3.05, 3.63) is 23.2 Å². The van der Waals surface area contributed by atoms with Crippen molar-refractivity contribution in [3.63, 3.8) is 0 Å². The highest BCUT2D eigenvalue weighted by Gasteiger charge is 2.15. The first-order valence-corrected chi connectivity index (χ1v) is 7.33. The van der Waals surface area contributed by atoms with E-state index < -0.39 is 11.6 Å². The monoisotopic (exact) mass is 315 g/mol. The van der Waals surface area contributed by atoms with Crippen molar-refractivity contribution in [2.24, 2.45) is 0 Å². The SMILES string of the molecule is CC(C)(C)NC(=O)NC(=O)CSc1ccc(Cl)cc1N. The standard InChI is InChI=1S/C13H18ClN3O2S/c1-13(2,3)17-12(19)16-11(18)7-20-10-5-4-8(14)6-9(10)15/h4-6H,7,15H2,1-3H3,(H2,16,17,18,19). The molecule has 0 radical (unpaired) electrons. The first kappa shape index (κ1) is 16.7. The summed E-state index contributed by atoms with van der Waals surface area (Å²) in [5, 5.41) is 5.45. The van der Waals surface area contributed by atoms with Crippen molar-refractivity contribution in [2.75, 3.05) is 11.5 Å². The fourth-order valence-electron chi connectivity index (χ4n) is 1.33. The zero-order valence-corrected chi connectivity index (χ0v) is 13.2. The van der Waals surface area contributed by atoms with Crippen molar-refractivity contribution in [2.45, 2.75) is 31.2 Å². The summed E-state index contributed by atoms with van der Waals surface area (Å²) < 4.78 is 0. The molecule has 0 saturated heterocycles. The molecule has 110 valence electrons. The number of thioether (sulfide) groups is 1. The minimum Gasteiger partial charge on any atom is -0.398 e. The number of anilines is 1. The van der Waals surface area contributed by atoms with Crippen molar-refractivity contribution in [1.29, 1.82) is 0 Å². The largest absolute Gasteiger partial charge is 0.398 e. The molecular weight excluding hydrogens is 298 g/mol. The second-order valence-electron chi connectivity index (χ2n) is 5.22. The van der Waals surface area contributed by atoms with E-state index in [0.717, 1.165) is 4.90 Å². The molecule has 20 heavy (non-hydrogen) atoms. The number of carbonyl (C=O) groups excluding carboxylic acids is 2. The molecular formula is C13H18ClN3O2S. The number of rotatable bonds is 3. The van der Waals surface area contributed by atoms with Gasteiger partial charge in [-0.3, -0.25) is 10.1 Å². The van der Waals surface area contributed by atoms with Gasteiger partial charge in [-0.2, -0.15) is 0 Å². The molecule has 0 fully saturated rings. The van der Waals surface area contributed by atoms with Crippen LogP contribution in [0.15, 0.2) is 23.1 Å². The lowest BCUT2D eigenvalue weighted by atomic mass is 10.1. The summed E-state index contributed by atoms with van der Waals surface area (Å²) in [4.78, 5) is 23.9. The van der Waals surface area contributed by atoms with E-state index in [1.807, 2.05) is 20.8 Å². The van der Waals surface area contributed by atoms with Gasteiger partial charge in [0.2, 0.25) is 5.91 Å². The average Bonchev–Trinajstić information content (AvgIpc) is 2.24. The Morgan fingerprint density at radius 2 is 2.00 bits per heavy atom. The molecule has 0 aliphatic heterocycles. The first-order chi connectivity index (χ1) is 9.17. The molecule has 3 amide bonds.